The SMILES string of the molecule is C#CC(C)(C)c1ccc(C(C)C)nc1. The second-order valence-electron chi connectivity index (χ2n) is 4.40. The standard InChI is InChI=1S/C13H17N/c1-6-13(4,5)11-7-8-12(10(2)3)14-9-11/h1,7-10H,2-5H3. The van der Waals surface area contributed by atoms with Gasteiger partial charge in [0.2, 0.25) is 0 Å². The highest BCUT2D eigenvalue weighted by atomic mass is 14.7. The number of rotatable bonds is 2. The molecule has 0 amide bonds. The Morgan fingerprint density at radius 3 is 2.36 bits per heavy atom. The second-order valence-corrected chi connectivity index (χ2v) is 4.40. The van der Waals surface area contributed by atoms with Crippen LogP contribution in [0.25, 0.3) is 0 Å². The summed E-state index contributed by atoms with van der Waals surface area (Å²) in [5.74, 6) is 3.24. The van der Waals surface area contributed by atoms with Crippen molar-refractivity contribution in [3.63, 3.8) is 0 Å². The zero-order valence-corrected chi connectivity index (χ0v) is 9.33. The van der Waals surface area contributed by atoms with E-state index in [-0.39, 0.29) is 5.41 Å². The van der Waals surface area contributed by atoms with Crippen LogP contribution in [0, 0.1) is 12.3 Å². The highest BCUT2D eigenvalue weighted by Crippen LogP contribution is 2.22. The van der Waals surface area contributed by atoms with E-state index < -0.39 is 0 Å². The molecule has 14 heavy (non-hydrogen) atoms. The fourth-order valence-corrected chi connectivity index (χ4v) is 1.20. The maximum atomic E-state index is 5.46. The normalized spacial score (nSPS) is 11.4. The molecule has 0 aromatic carbocycles. The maximum Gasteiger partial charge on any atom is 0.0519 e. The third kappa shape index (κ3) is 2.14. The van der Waals surface area contributed by atoms with Crippen LogP contribution in [0.1, 0.15) is 44.9 Å². The zero-order valence-electron chi connectivity index (χ0n) is 9.33. The molecule has 1 heterocycles. The summed E-state index contributed by atoms with van der Waals surface area (Å²) >= 11 is 0. The molecule has 1 rings (SSSR count). The van der Waals surface area contributed by atoms with E-state index >= 15 is 0 Å². The Balaban J connectivity index is 3.01. The lowest BCUT2D eigenvalue weighted by atomic mass is 9.86. The van der Waals surface area contributed by atoms with Crippen molar-refractivity contribution < 1.29 is 0 Å². The lowest BCUT2D eigenvalue weighted by molar-refractivity contribution is 0.690. The van der Waals surface area contributed by atoms with Crippen molar-refractivity contribution in [3.05, 3.63) is 29.6 Å². The molecule has 0 saturated heterocycles. The molecule has 1 nitrogen and oxygen atoms in total. The van der Waals surface area contributed by atoms with Gasteiger partial charge in [0.05, 0.1) is 5.41 Å². The Kier molecular flexibility index (Phi) is 2.96. The Morgan fingerprint density at radius 2 is 2.00 bits per heavy atom. The molecular weight excluding hydrogens is 170 g/mol. The van der Waals surface area contributed by atoms with E-state index in [1.54, 1.807) is 0 Å². The van der Waals surface area contributed by atoms with Gasteiger partial charge in [0.1, 0.15) is 0 Å². The molecule has 0 atom stereocenters. The van der Waals surface area contributed by atoms with Crippen LogP contribution in [0.4, 0.5) is 0 Å². The zero-order chi connectivity index (χ0) is 10.8. The van der Waals surface area contributed by atoms with E-state index in [1.165, 1.54) is 0 Å². The van der Waals surface area contributed by atoms with Crippen molar-refractivity contribution in [1.82, 2.24) is 4.98 Å². The van der Waals surface area contributed by atoms with Gasteiger partial charge in [-0.05, 0) is 31.4 Å². The molecule has 0 saturated carbocycles. The van der Waals surface area contributed by atoms with Gasteiger partial charge in [-0.1, -0.05) is 25.8 Å². The van der Waals surface area contributed by atoms with E-state index in [0.717, 1.165) is 11.3 Å². The van der Waals surface area contributed by atoms with Gasteiger partial charge in [0.25, 0.3) is 0 Å². The van der Waals surface area contributed by atoms with Crippen molar-refractivity contribution in [3.8, 4) is 12.3 Å². The third-order valence-corrected chi connectivity index (χ3v) is 2.46. The first-order valence-corrected chi connectivity index (χ1v) is 4.91. The molecule has 0 spiro atoms. The van der Waals surface area contributed by atoms with E-state index in [1.807, 2.05) is 20.0 Å². The van der Waals surface area contributed by atoms with Crippen molar-refractivity contribution in [1.29, 1.82) is 0 Å². The fourth-order valence-electron chi connectivity index (χ4n) is 1.20. The van der Waals surface area contributed by atoms with E-state index in [9.17, 15) is 0 Å². The van der Waals surface area contributed by atoms with E-state index in [2.05, 4.69) is 36.9 Å². The highest BCUT2D eigenvalue weighted by molar-refractivity contribution is 5.30. The van der Waals surface area contributed by atoms with Crippen LogP contribution in [0.15, 0.2) is 18.3 Å². The summed E-state index contributed by atoms with van der Waals surface area (Å²) in [5, 5.41) is 0. The molecule has 74 valence electrons. The molecular formula is C13H17N. The predicted molar refractivity (Wildman–Crippen MR) is 60.2 cm³/mol. The number of pyridine rings is 1. The van der Waals surface area contributed by atoms with Gasteiger partial charge in [-0.3, -0.25) is 4.98 Å². The van der Waals surface area contributed by atoms with Crippen LogP contribution < -0.4 is 0 Å². The predicted octanol–water partition coefficient (Wildman–Crippen LogP) is 3.12. The molecule has 0 N–H and O–H groups in total. The van der Waals surface area contributed by atoms with E-state index in [4.69, 9.17) is 6.42 Å². The van der Waals surface area contributed by atoms with Crippen molar-refractivity contribution in [2.24, 2.45) is 0 Å². The van der Waals surface area contributed by atoms with Crippen LogP contribution in [-0.2, 0) is 5.41 Å². The van der Waals surface area contributed by atoms with E-state index in [0.29, 0.717) is 5.92 Å². The van der Waals surface area contributed by atoms with Crippen LogP contribution in [0.2, 0.25) is 0 Å². The smallest absolute Gasteiger partial charge is 0.0519 e. The number of hydrogen-bond acceptors (Lipinski definition) is 1. The molecule has 0 aliphatic carbocycles. The van der Waals surface area contributed by atoms with Gasteiger partial charge in [0, 0.05) is 11.9 Å². The third-order valence-electron chi connectivity index (χ3n) is 2.46. The molecule has 0 aliphatic heterocycles. The van der Waals surface area contributed by atoms with Gasteiger partial charge in [-0.15, -0.1) is 6.42 Å². The summed E-state index contributed by atoms with van der Waals surface area (Å²) in [6, 6.07) is 4.13. The molecule has 1 aromatic rings. The fraction of sp³-hybridized carbons (Fsp3) is 0.462. The monoisotopic (exact) mass is 187 g/mol. The van der Waals surface area contributed by atoms with Crippen LogP contribution in [0.5, 0.6) is 0 Å². The minimum Gasteiger partial charge on any atom is -0.261 e. The second kappa shape index (κ2) is 3.84. The lowest BCUT2D eigenvalue weighted by Gasteiger charge is -2.18. The Morgan fingerprint density at radius 1 is 1.36 bits per heavy atom. The Bertz CT molecular complexity index is 338. The average molecular weight is 187 g/mol. The minimum absolute atomic E-state index is 0.220. The molecule has 0 fully saturated rings. The maximum absolute atomic E-state index is 5.46. The minimum atomic E-state index is -0.220. The Labute approximate surface area is 86.6 Å². The molecule has 0 unspecified atom stereocenters. The first-order valence-electron chi connectivity index (χ1n) is 4.91. The summed E-state index contributed by atoms with van der Waals surface area (Å²) in [5.41, 5.74) is 1.99. The molecule has 0 radical (unpaired) electrons. The van der Waals surface area contributed by atoms with Gasteiger partial charge >= 0.3 is 0 Å². The average Bonchev–Trinajstić information content (AvgIpc) is 2.18. The van der Waals surface area contributed by atoms with Crippen LogP contribution in [0.3, 0.4) is 0 Å². The van der Waals surface area contributed by atoms with Gasteiger partial charge in [-0.25, -0.2) is 0 Å². The summed E-state index contributed by atoms with van der Waals surface area (Å²) in [6.45, 7) is 8.32. The largest absolute Gasteiger partial charge is 0.261 e. The molecule has 0 aliphatic rings. The first kappa shape index (κ1) is 10.8. The van der Waals surface area contributed by atoms with Gasteiger partial charge < -0.3 is 0 Å². The first-order chi connectivity index (χ1) is 6.47. The lowest BCUT2D eigenvalue weighted by Crippen LogP contribution is -2.14. The summed E-state index contributed by atoms with van der Waals surface area (Å²) in [7, 11) is 0. The number of nitrogens with zero attached hydrogens (tertiary/aromatic N) is 1. The Hall–Kier alpha value is -1.29. The molecule has 0 bridgehead atoms. The summed E-state index contributed by atoms with van der Waals surface area (Å²) in [6.07, 6.45) is 7.34. The summed E-state index contributed by atoms with van der Waals surface area (Å²) in [4.78, 5) is 4.40. The van der Waals surface area contributed by atoms with Gasteiger partial charge in [0.15, 0.2) is 0 Å². The number of aromatic nitrogens is 1. The number of terminal acetylenes is 1. The quantitative estimate of drug-likeness (QED) is 0.648. The summed E-state index contributed by atoms with van der Waals surface area (Å²) < 4.78 is 0. The van der Waals surface area contributed by atoms with Crippen molar-refractivity contribution in [2.75, 3.05) is 0 Å². The molecule has 1 heteroatoms. The van der Waals surface area contributed by atoms with Crippen LogP contribution >= 0.6 is 0 Å². The van der Waals surface area contributed by atoms with Gasteiger partial charge in [-0.2, -0.15) is 0 Å². The highest BCUT2D eigenvalue weighted by Gasteiger charge is 2.17. The van der Waals surface area contributed by atoms with Crippen LogP contribution in [-0.4, -0.2) is 4.98 Å². The topological polar surface area (TPSA) is 12.9 Å². The van der Waals surface area contributed by atoms with Crippen molar-refractivity contribution >= 4 is 0 Å². The molecule has 1 aromatic heterocycles. The van der Waals surface area contributed by atoms with Crippen molar-refractivity contribution in [2.45, 2.75) is 39.0 Å². The number of hydrogen-bond donors (Lipinski definition) is 0.